The van der Waals surface area contributed by atoms with Gasteiger partial charge in [0, 0.05) is 26.6 Å². The van der Waals surface area contributed by atoms with E-state index in [0.29, 0.717) is 11.8 Å². The highest BCUT2D eigenvalue weighted by Gasteiger charge is 2.44. The predicted octanol–water partition coefficient (Wildman–Crippen LogP) is 4.47. The van der Waals surface area contributed by atoms with Crippen LogP contribution in [-0.2, 0) is 0 Å². The van der Waals surface area contributed by atoms with Crippen LogP contribution in [0.25, 0.3) is 15.8 Å². The van der Waals surface area contributed by atoms with Gasteiger partial charge in [-0.3, -0.25) is 0 Å². The first-order chi connectivity index (χ1) is 10.3. The van der Waals surface area contributed by atoms with E-state index < -0.39 is 0 Å². The second kappa shape index (κ2) is 3.83. The third-order valence-corrected chi connectivity index (χ3v) is 6.10. The second-order valence-corrected chi connectivity index (χ2v) is 7.05. The van der Waals surface area contributed by atoms with Crippen LogP contribution < -0.4 is 0 Å². The first kappa shape index (κ1) is 11.7. The van der Waals surface area contributed by atoms with Crippen molar-refractivity contribution in [2.75, 3.05) is 0 Å². The summed E-state index contributed by atoms with van der Waals surface area (Å²) in [4.78, 5) is 0. The van der Waals surface area contributed by atoms with Crippen molar-refractivity contribution in [2.24, 2.45) is 0 Å². The van der Waals surface area contributed by atoms with Crippen molar-refractivity contribution in [2.45, 2.75) is 31.1 Å². The van der Waals surface area contributed by atoms with Gasteiger partial charge in [-0.05, 0) is 37.2 Å². The Morgan fingerprint density at radius 1 is 1.00 bits per heavy atom. The molecule has 21 heavy (non-hydrogen) atoms. The maximum absolute atomic E-state index is 10.7. The molecule has 1 aromatic carbocycles. The van der Waals surface area contributed by atoms with E-state index in [-0.39, 0.29) is 11.8 Å². The van der Waals surface area contributed by atoms with E-state index in [1.807, 2.05) is 23.6 Å². The van der Waals surface area contributed by atoms with Crippen molar-refractivity contribution in [3.8, 4) is 17.4 Å². The molecule has 2 heterocycles. The number of benzene rings is 1. The van der Waals surface area contributed by atoms with Crippen LogP contribution in [0.15, 0.2) is 29.6 Å². The SMILES string of the molecule is Oc1c2c(c(O)n1-c1csc3ccccc13)C1CCC2C1. The summed E-state index contributed by atoms with van der Waals surface area (Å²) in [6, 6.07) is 8.12. The Kier molecular flexibility index (Phi) is 2.13. The summed E-state index contributed by atoms with van der Waals surface area (Å²) < 4.78 is 2.82. The molecule has 0 amide bonds. The first-order valence-electron chi connectivity index (χ1n) is 7.38. The second-order valence-electron chi connectivity index (χ2n) is 6.13. The molecule has 5 rings (SSSR count). The number of aromatic hydroxyl groups is 2. The Morgan fingerprint density at radius 3 is 2.38 bits per heavy atom. The van der Waals surface area contributed by atoms with E-state index in [1.165, 1.54) is 4.70 Å². The minimum atomic E-state index is 0.248. The maximum atomic E-state index is 10.7. The molecule has 0 spiro atoms. The van der Waals surface area contributed by atoms with Crippen molar-refractivity contribution >= 4 is 21.4 Å². The van der Waals surface area contributed by atoms with E-state index >= 15 is 0 Å². The number of fused-ring (bicyclic) bond motifs is 6. The summed E-state index contributed by atoms with van der Waals surface area (Å²) >= 11 is 1.64. The number of thiophene rings is 1. The molecule has 0 aliphatic heterocycles. The monoisotopic (exact) mass is 297 g/mol. The van der Waals surface area contributed by atoms with Gasteiger partial charge in [0.15, 0.2) is 0 Å². The van der Waals surface area contributed by atoms with Gasteiger partial charge in [0.05, 0.1) is 5.69 Å². The summed E-state index contributed by atoms with van der Waals surface area (Å²) in [6.07, 6.45) is 3.37. The molecule has 4 heteroatoms. The summed E-state index contributed by atoms with van der Waals surface area (Å²) in [6.45, 7) is 0. The number of aromatic nitrogens is 1. The third kappa shape index (κ3) is 1.34. The van der Waals surface area contributed by atoms with Crippen molar-refractivity contribution < 1.29 is 10.2 Å². The topological polar surface area (TPSA) is 45.4 Å². The van der Waals surface area contributed by atoms with Crippen molar-refractivity contribution in [1.82, 2.24) is 4.57 Å². The van der Waals surface area contributed by atoms with Crippen molar-refractivity contribution in [1.29, 1.82) is 0 Å². The molecule has 1 saturated carbocycles. The van der Waals surface area contributed by atoms with E-state index in [9.17, 15) is 10.2 Å². The molecule has 3 aromatic rings. The fourth-order valence-corrected chi connectivity index (χ4v) is 5.19. The highest BCUT2D eigenvalue weighted by Crippen LogP contribution is 2.60. The molecule has 2 atom stereocenters. The normalized spacial score (nSPS) is 23.0. The zero-order valence-electron chi connectivity index (χ0n) is 11.4. The van der Waals surface area contributed by atoms with E-state index in [0.717, 1.165) is 41.5 Å². The Bertz CT molecular complexity index is 843. The van der Waals surface area contributed by atoms with E-state index in [4.69, 9.17) is 0 Å². The zero-order chi connectivity index (χ0) is 14.1. The van der Waals surface area contributed by atoms with Gasteiger partial charge in [-0.15, -0.1) is 11.3 Å². The smallest absolute Gasteiger partial charge is 0.202 e. The maximum Gasteiger partial charge on any atom is 0.202 e. The predicted molar refractivity (Wildman–Crippen MR) is 83.8 cm³/mol. The van der Waals surface area contributed by atoms with Gasteiger partial charge in [0.25, 0.3) is 0 Å². The standard InChI is InChI=1S/C17H15NO2S/c19-16-14-9-5-6-10(7-9)15(14)17(20)18(16)12-8-21-13-4-2-1-3-11(12)13/h1-4,8-10,19-20H,5-7H2. The van der Waals surface area contributed by atoms with Gasteiger partial charge in [-0.25, -0.2) is 4.57 Å². The first-order valence-corrected chi connectivity index (χ1v) is 8.26. The third-order valence-electron chi connectivity index (χ3n) is 5.15. The summed E-state index contributed by atoms with van der Waals surface area (Å²) in [5, 5.41) is 24.5. The van der Waals surface area contributed by atoms with Gasteiger partial charge >= 0.3 is 0 Å². The van der Waals surface area contributed by atoms with E-state index in [2.05, 4.69) is 6.07 Å². The molecule has 2 aliphatic carbocycles. The van der Waals surface area contributed by atoms with E-state index in [1.54, 1.807) is 15.9 Å². The highest BCUT2D eigenvalue weighted by atomic mass is 32.1. The summed E-state index contributed by atoms with van der Waals surface area (Å²) in [5.74, 6) is 1.36. The molecule has 0 saturated heterocycles. The molecule has 2 bridgehead atoms. The Balaban J connectivity index is 1.82. The van der Waals surface area contributed by atoms with Crippen LogP contribution in [0.1, 0.15) is 42.2 Å². The molecule has 3 nitrogen and oxygen atoms in total. The fraction of sp³-hybridized carbons (Fsp3) is 0.294. The Labute approximate surface area is 126 Å². The molecular formula is C17H15NO2S. The minimum absolute atomic E-state index is 0.248. The average molecular weight is 297 g/mol. The highest BCUT2D eigenvalue weighted by molar-refractivity contribution is 7.17. The summed E-state index contributed by atoms with van der Waals surface area (Å²) in [7, 11) is 0. The largest absolute Gasteiger partial charge is 0.494 e. The molecule has 1 fully saturated rings. The minimum Gasteiger partial charge on any atom is -0.494 e. The average Bonchev–Trinajstić information content (AvgIpc) is 3.23. The molecular weight excluding hydrogens is 282 g/mol. The molecule has 106 valence electrons. The van der Waals surface area contributed by atoms with Gasteiger partial charge in [-0.2, -0.15) is 0 Å². The number of rotatable bonds is 1. The molecule has 2 aliphatic rings. The molecule has 2 N–H and O–H groups in total. The molecule has 2 unspecified atom stereocenters. The molecule has 0 radical (unpaired) electrons. The lowest BCUT2D eigenvalue weighted by atomic mass is 9.95. The lowest BCUT2D eigenvalue weighted by Gasteiger charge is -2.09. The van der Waals surface area contributed by atoms with Crippen LogP contribution in [0.2, 0.25) is 0 Å². The van der Waals surface area contributed by atoms with Crippen molar-refractivity contribution in [3.05, 3.63) is 40.8 Å². The van der Waals surface area contributed by atoms with Crippen LogP contribution in [0.3, 0.4) is 0 Å². The van der Waals surface area contributed by atoms with Crippen LogP contribution in [0.4, 0.5) is 0 Å². The number of hydrogen-bond acceptors (Lipinski definition) is 3. The summed E-state index contributed by atoms with van der Waals surface area (Å²) in [5.41, 5.74) is 2.89. The number of hydrogen-bond donors (Lipinski definition) is 2. The Morgan fingerprint density at radius 2 is 1.67 bits per heavy atom. The quantitative estimate of drug-likeness (QED) is 0.696. The Hall–Kier alpha value is -1.94. The van der Waals surface area contributed by atoms with Crippen LogP contribution >= 0.6 is 11.3 Å². The van der Waals surface area contributed by atoms with Gasteiger partial charge in [0.1, 0.15) is 0 Å². The number of nitrogens with zero attached hydrogens (tertiary/aromatic N) is 1. The van der Waals surface area contributed by atoms with Gasteiger partial charge < -0.3 is 10.2 Å². The fourth-order valence-electron chi connectivity index (χ4n) is 4.26. The van der Waals surface area contributed by atoms with Gasteiger partial charge in [-0.1, -0.05) is 18.2 Å². The van der Waals surface area contributed by atoms with Crippen LogP contribution in [-0.4, -0.2) is 14.8 Å². The van der Waals surface area contributed by atoms with Crippen LogP contribution in [0, 0.1) is 0 Å². The van der Waals surface area contributed by atoms with Crippen molar-refractivity contribution in [3.63, 3.8) is 0 Å². The molecule has 2 aromatic heterocycles. The van der Waals surface area contributed by atoms with Gasteiger partial charge in [0.2, 0.25) is 11.8 Å². The lowest BCUT2D eigenvalue weighted by Crippen LogP contribution is -1.94. The lowest BCUT2D eigenvalue weighted by molar-refractivity contribution is 0.395. The zero-order valence-corrected chi connectivity index (χ0v) is 12.2. The van der Waals surface area contributed by atoms with Crippen LogP contribution in [0.5, 0.6) is 11.8 Å².